The molecule has 0 radical (unpaired) electrons. The maximum Gasteiger partial charge on any atom is 0.186 e. The van der Waals surface area contributed by atoms with E-state index in [2.05, 4.69) is 60.7 Å². The highest BCUT2D eigenvalue weighted by Crippen LogP contribution is 2.24. The second-order valence-corrected chi connectivity index (χ2v) is 6.12. The second-order valence-electron chi connectivity index (χ2n) is 6.12. The summed E-state index contributed by atoms with van der Waals surface area (Å²) in [6.45, 7) is 0. The van der Waals surface area contributed by atoms with E-state index in [1.54, 1.807) is 24.3 Å². The zero-order chi connectivity index (χ0) is 17.9. The van der Waals surface area contributed by atoms with Gasteiger partial charge in [-0.1, -0.05) is 84.9 Å². The molecule has 0 unspecified atom stereocenters. The van der Waals surface area contributed by atoms with Gasteiger partial charge < -0.3 is 0 Å². The molecule has 0 bridgehead atoms. The molecule has 0 amide bonds. The Morgan fingerprint density at radius 1 is 0.423 bits per heavy atom. The first-order chi connectivity index (χ1) is 12.7. The normalized spacial score (nSPS) is 12.6. The van der Waals surface area contributed by atoms with Crippen molar-refractivity contribution in [3.63, 3.8) is 0 Å². The van der Waals surface area contributed by atoms with E-state index in [1.165, 1.54) is 33.7 Å². The lowest BCUT2D eigenvalue weighted by molar-refractivity contribution is 0.0994. The number of carbonyl (C=O) groups excluding carboxylic acids is 2. The van der Waals surface area contributed by atoms with Gasteiger partial charge in [-0.25, -0.2) is 0 Å². The monoisotopic (exact) mass is 336 g/mol. The van der Waals surface area contributed by atoms with Crippen molar-refractivity contribution < 1.29 is 9.59 Å². The SMILES string of the molecule is O=C1C=CC(=O)c2ccccc21.c1ccc2c(c1)ccc1ccccc12. The van der Waals surface area contributed by atoms with Crippen molar-refractivity contribution in [1.82, 2.24) is 0 Å². The van der Waals surface area contributed by atoms with Crippen molar-refractivity contribution >= 4 is 33.1 Å². The van der Waals surface area contributed by atoms with Gasteiger partial charge in [-0.2, -0.15) is 0 Å². The largest absolute Gasteiger partial charge is 0.289 e. The molecular weight excluding hydrogens is 320 g/mol. The van der Waals surface area contributed by atoms with E-state index in [4.69, 9.17) is 0 Å². The number of benzene rings is 4. The Morgan fingerprint density at radius 3 is 1.27 bits per heavy atom. The summed E-state index contributed by atoms with van der Waals surface area (Å²) in [6, 6.07) is 28.2. The van der Waals surface area contributed by atoms with Gasteiger partial charge in [0.15, 0.2) is 11.6 Å². The summed E-state index contributed by atoms with van der Waals surface area (Å²) in [5.41, 5.74) is 1.01. The Kier molecular flexibility index (Phi) is 4.16. The predicted molar refractivity (Wildman–Crippen MR) is 106 cm³/mol. The van der Waals surface area contributed by atoms with Crippen LogP contribution in [0.15, 0.2) is 97.1 Å². The average molecular weight is 336 g/mol. The summed E-state index contributed by atoms with van der Waals surface area (Å²) < 4.78 is 0. The number of allylic oxidation sites excluding steroid dienone is 2. The van der Waals surface area contributed by atoms with E-state index in [-0.39, 0.29) is 11.6 Å². The number of rotatable bonds is 0. The van der Waals surface area contributed by atoms with Crippen LogP contribution in [0.4, 0.5) is 0 Å². The standard InChI is InChI=1S/C14H10.C10H6O2/c1-3-7-13-11(5-1)9-10-12-6-2-4-8-14(12)13;11-9-5-6-10(12)8-4-2-1-3-7(8)9/h1-10H;1-6H. The van der Waals surface area contributed by atoms with E-state index < -0.39 is 0 Å². The molecule has 0 fully saturated rings. The molecule has 0 spiro atoms. The molecule has 1 aliphatic rings. The van der Waals surface area contributed by atoms with Crippen LogP contribution in [0.3, 0.4) is 0 Å². The van der Waals surface area contributed by atoms with Crippen LogP contribution in [0.5, 0.6) is 0 Å². The Hall–Kier alpha value is -3.52. The van der Waals surface area contributed by atoms with Gasteiger partial charge in [0.2, 0.25) is 0 Å². The van der Waals surface area contributed by atoms with Gasteiger partial charge in [-0.15, -0.1) is 0 Å². The molecule has 0 saturated heterocycles. The third-order valence-corrected chi connectivity index (χ3v) is 4.50. The van der Waals surface area contributed by atoms with Crippen LogP contribution in [-0.4, -0.2) is 11.6 Å². The molecule has 2 nitrogen and oxygen atoms in total. The summed E-state index contributed by atoms with van der Waals surface area (Å²) in [5, 5.41) is 5.30. The van der Waals surface area contributed by atoms with Gasteiger partial charge in [0.05, 0.1) is 0 Å². The van der Waals surface area contributed by atoms with Crippen LogP contribution >= 0.6 is 0 Å². The van der Waals surface area contributed by atoms with Crippen molar-refractivity contribution in [3.05, 3.63) is 108 Å². The van der Waals surface area contributed by atoms with Crippen molar-refractivity contribution in [1.29, 1.82) is 0 Å². The van der Waals surface area contributed by atoms with E-state index in [0.29, 0.717) is 11.1 Å². The van der Waals surface area contributed by atoms with Crippen molar-refractivity contribution in [2.24, 2.45) is 0 Å². The lowest BCUT2D eigenvalue weighted by atomic mass is 9.95. The number of hydrogen-bond acceptors (Lipinski definition) is 2. The molecule has 0 atom stereocenters. The first-order valence-electron chi connectivity index (χ1n) is 8.46. The van der Waals surface area contributed by atoms with Crippen molar-refractivity contribution in [2.75, 3.05) is 0 Å². The Morgan fingerprint density at radius 2 is 0.808 bits per heavy atom. The van der Waals surface area contributed by atoms with Crippen LogP contribution in [0.2, 0.25) is 0 Å². The third kappa shape index (κ3) is 2.93. The highest BCUT2D eigenvalue weighted by atomic mass is 16.1. The maximum atomic E-state index is 11.2. The Bertz CT molecular complexity index is 1080. The highest BCUT2D eigenvalue weighted by molar-refractivity contribution is 6.21. The minimum atomic E-state index is -0.0924. The summed E-state index contributed by atoms with van der Waals surface area (Å²) in [4.78, 5) is 22.4. The van der Waals surface area contributed by atoms with E-state index >= 15 is 0 Å². The zero-order valence-electron chi connectivity index (χ0n) is 14.1. The fraction of sp³-hybridized carbons (Fsp3) is 0. The predicted octanol–water partition coefficient (Wildman–Crippen LogP) is 5.61. The molecule has 0 aromatic heterocycles. The molecule has 5 rings (SSSR count). The second kappa shape index (κ2) is 6.77. The average Bonchev–Trinajstić information content (AvgIpc) is 2.71. The Labute approximate surface area is 151 Å². The summed E-state index contributed by atoms with van der Waals surface area (Å²) in [7, 11) is 0. The minimum Gasteiger partial charge on any atom is -0.289 e. The minimum absolute atomic E-state index is 0.0924. The molecule has 1 aliphatic carbocycles. The molecule has 124 valence electrons. The molecule has 0 aliphatic heterocycles. The van der Waals surface area contributed by atoms with E-state index in [9.17, 15) is 9.59 Å². The number of ketones is 2. The quantitative estimate of drug-likeness (QED) is 0.391. The fourth-order valence-electron chi connectivity index (χ4n) is 3.20. The highest BCUT2D eigenvalue weighted by Gasteiger charge is 2.16. The summed E-state index contributed by atoms with van der Waals surface area (Å²) in [5.74, 6) is -0.185. The van der Waals surface area contributed by atoms with E-state index in [1.807, 2.05) is 0 Å². The lowest BCUT2D eigenvalue weighted by Gasteiger charge is -2.06. The molecule has 4 aromatic rings. The van der Waals surface area contributed by atoms with Gasteiger partial charge in [0.1, 0.15) is 0 Å². The van der Waals surface area contributed by atoms with E-state index in [0.717, 1.165) is 0 Å². The molecular formula is C24H16O2. The van der Waals surface area contributed by atoms with Gasteiger partial charge in [0, 0.05) is 11.1 Å². The van der Waals surface area contributed by atoms with Gasteiger partial charge >= 0.3 is 0 Å². The van der Waals surface area contributed by atoms with Crippen LogP contribution in [-0.2, 0) is 0 Å². The molecule has 0 N–H and O–H groups in total. The Balaban J connectivity index is 0.000000131. The van der Waals surface area contributed by atoms with Crippen LogP contribution in [0, 0.1) is 0 Å². The van der Waals surface area contributed by atoms with Crippen LogP contribution in [0.1, 0.15) is 20.7 Å². The van der Waals surface area contributed by atoms with Crippen molar-refractivity contribution in [3.8, 4) is 0 Å². The lowest BCUT2D eigenvalue weighted by Crippen LogP contribution is -2.10. The molecule has 0 heterocycles. The van der Waals surface area contributed by atoms with Gasteiger partial charge in [-0.05, 0) is 33.7 Å². The molecule has 0 saturated carbocycles. The zero-order valence-corrected chi connectivity index (χ0v) is 14.1. The fourth-order valence-corrected chi connectivity index (χ4v) is 3.20. The first kappa shape index (κ1) is 16.0. The molecule has 4 aromatic carbocycles. The smallest absolute Gasteiger partial charge is 0.186 e. The number of fused-ring (bicyclic) bond motifs is 4. The first-order valence-corrected chi connectivity index (χ1v) is 8.46. The third-order valence-electron chi connectivity index (χ3n) is 4.50. The van der Waals surface area contributed by atoms with Crippen LogP contribution in [0.25, 0.3) is 21.5 Å². The number of hydrogen-bond donors (Lipinski definition) is 0. The maximum absolute atomic E-state index is 11.2. The number of carbonyl (C=O) groups is 2. The molecule has 2 heteroatoms. The van der Waals surface area contributed by atoms with Crippen LogP contribution < -0.4 is 0 Å². The summed E-state index contributed by atoms with van der Waals surface area (Å²) >= 11 is 0. The van der Waals surface area contributed by atoms with Gasteiger partial charge in [-0.3, -0.25) is 9.59 Å². The molecule has 26 heavy (non-hydrogen) atoms. The summed E-state index contributed by atoms with van der Waals surface area (Å²) in [6.07, 6.45) is 2.62. The van der Waals surface area contributed by atoms with Gasteiger partial charge in [0.25, 0.3) is 0 Å². The topological polar surface area (TPSA) is 34.1 Å². The van der Waals surface area contributed by atoms with Crippen molar-refractivity contribution in [2.45, 2.75) is 0 Å².